The maximum Gasteiger partial charge on any atom is 0.274 e. The summed E-state index contributed by atoms with van der Waals surface area (Å²) >= 11 is 1.63. The lowest BCUT2D eigenvalue weighted by molar-refractivity contribution is -0.661. The molecule has 2 aromatic rings. The van der Waals surface area contributed by atoms with Crippen molar-refractivity contribution in [1.29, 1.82) is 0 Å². The van der Waals surface area contributed by atoms with E-state index in [1.165, 1.54) is 10.4 Å². The summed E-state index contributed by atoms with van der Waals surface area (Å²) in [5.74, 6) is 0.592. The van der Waals surface area contributed by atoms with Crippen molar-refractivity contribution in [3.05, 3.63) is 26.6 Å². The minimum absolute atomic E-state index is 0.0384. The van der Waals surface area contributed by atoms with Crippen LogP contribution in [-0.4, -0.2) is 29.5 Å². The third kappa shape index (κ3) is 2.34. The van der Waals surface area contributed by atoms with Gasteiger partial charge in [-0.05, 0) is 24.8 Å². The fraction of sp³-hybridized carbons (Fsp3) is 0.462. The van der Waals surface area contributed by atoms with Gasteiger partial charge in [-0.25, -0.2) is 4.98 Å². The van der Waals surface area contributed by atoms with Crippen molar-refractivity contribution in [2.24, 2.45) is 0 Å². The molecule has 0 spiro atoms. The van der Waals surface area contributed by atoms with Gasteiger partial charge in [-0.15, -0.1) is 11.3 Å². The van der Waals surface area contributed by atoms with Crippen LogP contribution in [0.5, 0.6) is 0 Å². The Bertz CT molecular complexity index is 719. The van der Waals surface area contributed by atoms with Crippen LogP contribution < -0.4 is 16.2 Å². The van der Waals surface area contributed by atoms with E-state index >= 15 is 0 Å². The Morgan fingerprint density at radius 1 is 1.50 bits per heavy atom. The molecule has 0 bridgehead atoms. The topological polar surface area (TPSA) is 91.5 Å². The van der Waals surface area contributed by atoms with E-state index in [0.717, 1.165) is 29.5 Å². The molecular weight excluding hydrogens is 276 g/mol. The molecule has 1 aliphatic carbocycles. The predicted octanol–water partition coefficient (Wildman–Crippen LogP) is -0.717. The average Bonchev–Trinajstić information content (AvgIpc) is 2.98. The van der Waals surface area contributed by atoms with E-state index in [-0.39, 0.29) is 11.5 Å². The molecule has 2 aromatic heterocycles. The number of H-pyrrole nitrogens is 1. The number of thiophene rings is 1. The number of nitrogens with two attached hydrogens (primary N) is 1. The summed E-state index contributed by atoms with van der Waals surface area (Å²) in [6, 6.07) is 0. The molecule has 1 amide bonds. The molecule has 2 heterocycles. The molecule has 7 heteroatoms. The highest BCUT2D eigenvalue weighted by Gasteiger charge is 2.21. The number of likely N-dealkylation sites (N-methyl/N-ethyl adjacent to an activating group) is 1. The summed E-state index contributed by atoms with van der Waals surface area (Å²) < 4.78 is 0. The largest absolute Gasteiger partial charge is 0.354 e. The molecular formula is C13H17N4O2S+. The van der Waals surface area contributed by atoms with Gasteiger partial charge >= 0.3 is 0 Å². The molecule has 0 fully saturated rings. The highest BCUT2D eigenvalue weighted by molar-refractivity contribution is 7.18. The summed E-state index contributed by atoms with van der Waals surface area (Å²) in [5.41, 5.74) is 1.15. The van der Waals surface area contributed by atoms with E-state index in [4.69, 9.17) is 0 Å². The van der Waals surface area contributed by atoms with Crippen molar-refractivity contribution < 1.29 is 10.1 Å². The second-order valence-electron chi connectivity index (χ2n) is 4.92. The number of aromatic amines is 1. The van der Waals surface area contributed by atoms with Gasteiger partial charge in [-0.1, -0.05) is 0 Å². The molecule has 0 unspecified atom stereocenters. The molecule has 0 radical (unpaired) electrons. The predicted molar refractivity (Wildman–Crippen MR) is 76.8 cm³/mol. The molecule has 20 heavy (non-hydrogen) atoms. The lowest BCUT2D eigenvalue weighted by Gasteiger charge is -2.01. The number of aryl methyl sites for hydroxylation is 2. The third-order valence-electron chi connectivity index (χ3n) is 3.57. The Morgan fingerprint density at radius 2 is 2.35 bits per heavy atom. The first-order valence-corrected chi connectivity index (χ1v) is 7.56. The number of nitrogens with one attached hydrogen (secondary N) is 2. The summed E-state index contributed by atoms with van der Waals surface area (Å²) in [4.78, 5) is 32.8. The summed E-state index contributed by atoms with van der Waals surface area (Å²) in [5, 5.41) is 5.16. The molecule has 0 saturated heterocycles. The van der Waals surface area contributed by atoms with Gasteiger partial charge in [0.05, 0.1) is 5.39 Å². The molecule has 6 nitrogen and oxygen atoms in total. The van der Waals surface area contributed by atoms with E-state index in [2.05, 4.69) is 15.3 Å². The van der Waals surface area contributed by atoms with Gasteiger partial charge in [-0.2, -0.15) is 0 Å². The molecule has 0 aliphatic heterocycles. The van der Waals surface area contributed by atoms with Gasteiger partial charge < -0.3 is 15.6 Å². The number of hydrogen-bond acceptors (Lipinski definition) is 4. The third-order valence-corrected chi connectivity index (χ3v) is 4.76. The molecule has 0 atom stereocenters. The number of nitrogens with zero attached hydrogens (tertiary/aromatic N) is 1. The van der Waals surface area contributed by atoms with Crippen LogP contribution in [-0.2, 0) is 24.2 Å². The van der Waals surface area contributed by atoms with E-state index in [9.17, 15) is 9.59 Å². The molecule has 0 aromatic carbocycles. The first kappa shape index (κ1) is 13.3. The minimum Gasteiger partial charge on any atom is -0.354 e. The molecule has 0 saturated carbocycles. The lowest BCUT2D eigenvalue weighted by Crippen LogP contribution is -2.85. The fourth-order valence-electron chi connectivity index (χ4n) is 2.59. The Morgan fingerprint density at radius 3 is 3.15 bits per heavy atom. The van der Waals surface area contributed by atoms with E-state index in [1.807, 2.05) is 5.32 Å². The van der Waals surface area contributed by atoms with Gasteiger partial charge in [-0.3, -0.25) is 9.59 Å². The standard InChI is InChI=1S/C13H16N4O2S/c1-14-10(18)6-15-5-9-16-12(19)11-7-3-2-4-8(7)20-13(11)17-9/h15H,2-6H2,1H3,(H,14,18)(H,16,17,19)/p+1. The lowest BCUT2D eigenvalue weighted by atomic mass is 10.2. The minimum atomic E-state index is -0.0438. The number of hydrogen-bond donors (Lipinski definition) is 3. The summed E-state index contributed by atoms with van der Waals surface area (Å²) in [7, 11) is 1.61. The first-order valence-electron chi connectivity index (χ1n) is 6.74. The van der Waals surface area contributed by atoms with Crippen LogP contribution in [0.1, 0.15) is 22.7 Å². The number of rotatable bonds is 4. The highest BCUT2D eigenvalue weighted by atomic mass is 32.1. The highest BCUT2D eigenvalue weighted by Crippen LogP contribution is 2.34. The number of quaternary nitrogens is 1. The second kappa shape index (κ2) is 5.34. The Hall–Kier alpha value is -1.73. The monoisotopic (exact) mass is 293 g/mol. The Labute approximate surface area is 119 Å². The normalized spacial score (nSPS) is 13.7. The number of aromatic nitrogens is 2. The zero-order valence-corrected chi connectivity index (χ0v) is 12.1. The Kier molecular flexibility index (Phi) is 3.54. The molecule has 1 aliphatic rings. The zero-order valence-electron chi connectivity index (χ0n) is 11.3. The van der Waals surface area contributed by atoms with Crippen LogP contribution in [0.25, 0.3) is 10.2 Å². The Balaban J connectivity index is 1.84. The van der Waals surface area contributed by atoms with Crippen LogP contribution in [0.4, 0.5) is 0 Å². The summed E-state index contributed by atoms with van der Waals surface area (Å²) in [6.07, 6.45) is 3.19. The van der Waals surface area contributed by atoms with Crippen LogP contribution in [0, 0.1) is 0 Å². The van der Waals surface area contributed by atoms with Gasteiger partial charge in [0, 0.05) is 11.9 Å². The first-order chi connectivity index (χ1) is 9.69. The molecule has 3 rings (SSSR count). The number of fused-ring (bicyclic) bond motifs is 3. The molecule has 106 valence electrons. The van der Waals surface area contributed by atoms with E-state index < -0.39 is 0 Å². The van der Waals surface area contributed by atoms with Crippen molar-refractivity contribution in [2.75, 3.05) is 13.6 Å². The fourth-order valence-corrected chi connectivity index (χ4v) is 3.87. The smallest absolute Gasteiger partial charge is 0.274 e. The quantitative estimate of drug-likeness (QED) is 0.695. The van der Waals surface area contributed by atoms with Crippen molar-refractivity contribution in [1.82, 2.24) is 15.3 Å². The maximum absolute atomic E-state index is 12.2. The number of carbonyl (C=O) groups excluding carboxylic acids is 1. The van der Waals surface area contributed by atoms with Crippen LogP contribution in [0.2, 0.25) is 0 Å². The number of amides is 1. The zero-order chi connectivity index (χ0) is 14.1. The van der Waals surface area contributed by atoms with Crippen molar-refractivity contribution in [3.63, 3.8) is 0 Å². The van der Waals surface area contributed by atoms with Crippen molar-refractivity contribution in [2.45, 2.75) is 25.8 Å². The van der Waals surface area contributed by atoms with Gasteiger partial charge in [0.1, 0.15) is 11.4 Å². The van der Waals surface area contributed by atoms with Crippen LogP contribution >= 0.6 is 11.3 Å². The SMILES string of the molecule is CNC(=O)C[NH2+]Cc1nc2sc3c(c2c(=O)[nH]1)CCC3. The van der Waals surface area contributed by atoms with E-state index in [0.29, 0.717) is 18.9 Å². The van der Waals surface area contributed by atoms with Gasteiger partial charge in [0.25, 0.3) is 11.5 Å². The van der Waals surface area contributed by atoms with E-state index in [1.54, 1.807) is 18.4 Å². The second-order valence-corrected chi connectivity index (χ2v) is 6.00. The van der Waals surface area contributed by atoms with Crippen molar-refractivity contribution in [3.8, 4) is 0 Å². The number of carbonyl (C=O) groups is 1. The maximum atomic E-state index is 12.2. The molecule has 4 N–H and O–H groups in total. The summed E-state index contributed by atoms with van der Waals surface area (Å²) in [6.45, 7) is 0.834. The van der Waals surface area contributed by atoms with Gasteiger partial charge in [0.15, 0.2) is 12.4 Å². The van der Waals surface area contributed by atoms with Gasteiger partial charge in [0.2, 0.25) is 0 Å². The van der Waals surface area contributed by atoms with Crippen molar-refractivity contribution >= 4 is 27.5 Å². The van der Waals surface area contributed by atoms with Crippen LogP contribution in [0.3, 0.4) is 0 Å². The van der Waals surface area contributed by atoms with Crippen LogP contribution in [0.15, 0.2) is 4.79 Å². The average molecular weight is 293 g/mol.